The first-order valence-corrected chi connectivity index (χ1v) is 6.72. The third-order valence-electron chi connectivity index (χ3n) is 3.43. The number of benzene rings is 2. The zero-order chi connectivity index (χ0) is 13.7. The van der Waals surface area contributed by atoms with Crippen LogP contribution in [0.15, 0.2) is 48.5 Å². The molecule has 2 rings (SSSR count). The van der Waals surface area contributed by atoms with Gasteiger partial charge in [0.05, 0.1) is 0 Å². The summed E-state index contributed by atoms with van der Waals surface area (Å²) in [5, 5.41) is 0. The topological polar surface area (TPSA) is 26.0 Å². The van der Waals surface area contributed by atoms with Crippen molar-refractivity contribution in [2.24, 2.45) is 5.73 Å². The smallest absolute Gasteiger partial charge is 0.126 e. The first-order chi connectivity index (χ1) is 9.16. The molecular weight excluding hydrogens is 237 g/mol. The van der Waals surface area contributed by atoms with E-state index in [1.165, 1.54) is 11.6 Å². The van der Waals surface area contributed by atoms with Gasteiger partial charge in [0.2, 0.25) is 0 Å². The van der Waals surface area contributed by atoms with Crippen molar-refractivity contribution in [3.8, 4) is 0 Å². The van der Waals surface area contributed by atoms with Gasteiger partial charge < -0.3 is 5.73 Å². The summed E-state index contributed by atoms with van der Waals surface area (Å²) >= 11 is 0. The Hall–Kier alpha value is -1.67. The highest BCUT2D eigenvalue weighted by molar-refractivity contribution is 5.26. The molecule has 1 nitrogen and oxygen atoms in total. The summed E-state index contributed by atoms with van der Waals surface area (Å²) in [4.78, 5) is 0. The molecule has 0 aliphatic rings. The maximum atomic E-state index is 13.2. The second-order valence-corrected chi connectivity index (χ2v) is 4.99. The Balaban J connectivity index is 1.87. The number of hydrogen-bond donors (Lipinski definition) is 1. The summed E-state index contributed by atoms with van der Waals surface area (Å²) in [5.74, 6) is -0.166. The largest absolute Gasteiger partial charge is 0.324 e. The van der Waals surface area contributed by atoms with Crippen molar-refractivity contribution in [1.82, 2.24) is 0 Å². The van der Waals surface area contributed by atoms with E-state index in [1.807, 2.05) is 12.1 Å². The maximum Gasteiger partial charge on any atom is 0.126 e. The van der Waals surface area contributed by atoms with E-state index in [-0.39, 0.29) is 11.9 Å². The van der Waals surface area contributed by atoms with E-state index < -0.39 is 0 Å². The highest BCUT2D eigenvalue weighted by Gasteiger charge is 2.07. The molecule has 0 heterocycles. The van der Waals surface area contributed by atoms with Gasteiger partial charge in [-0.15, -0.1) is 0 Å². The van der Waals surface area contributed by atoms with E-state index in [4.69, 9.17) is 5.73 Å². The Labute approximate surface area is 114 Å². The number of aryl methyl sites for hydroxylation is 2. The summed E-state index contributed by atoms with van der Waals surface area (Å²) in [7, 11) is 0. The van der Waals surface area contributed by atoms with Crippen molar-refractivity contribution in [2.75, 3.05) is 0 Å². The second-order valence-electron chi connectivity index (χ2n) is 4.99. The summed E-state index contributed by atoms with van der Waals surface area (Å²) in [6.45, 7) is 1.77. The van der Waals surface area contributed by atoms with Crippen molar-refractivity contribution in [3.63, 3.8) is 0 Å². The Kier molecular flexibility index (Phi) is 4.69. The highest BCUT2D eigenvalue weighted by Crippen LogP contribution is 2.19. The molecule has 0 fully saturated rings. The third kappa shape index (κ3) is 3.90. The highest BCUT2D eigenvalue weighted by atomic mass is 19.1. The van der Waals surface area contributed by atoms with Gasteiger partial charge in [0.25, 0.3) is 0 Å². The quantitative estimate of drug-likeness (QED) is 0.855. The number of hydrogen-bond acceptors (Lipinski definition) is 1. The Morgan fingerprint density at radius 1 is 1.11 bits per heavy atom. The molecule has 0 bridgehead atoms. The van der Waals surface area contributed by atoms with Crippen molar-refractivity contribution < 1.29 is 4.39 Å². The van der Waals surface area contributed by atoms with Gasteiger partial charge in [0.15, 0.2) is 0 Å². The number of nitrogens with two attached hydrogens (primary N) is 1. The molecular formula is C17H20FN. The van der Waals surface area contributed by atoms with E-state index in [2.05, 4.69) is 24.3 Å². The molecule has 2 N–H and O–H groups in total. The molecule has 1 atom stereocenters. The maximum absolute atomic E-state index is 13.2. The van der Waals surface area contributed by atoms with Crippen LogP contribution in [0.3, 0.4) is 0 Å². The second kappa shape index (κ2) is 6.48. The monoisotopic (exact) mass is 257 g/mol. The normalized spacial score (nSPS) is 12.4. The van der Waals surface area contributed by atoms with Gasteiger partial charge in [-0.3, -0.25) is 0 Å². The van der Waals surface area contributed by atoms with E-state index in [0.717, 1.165) is 24.8 Å². The molecule has 0 aliphatic heterocycles. The van der Waals surface area contributed by atoms with Crippen LogP contribution in [-0.2, 0) is 6.42 Å². The molecule has 2 heteroatoms. The predicted molar refractivity (Wildman–Crippen MR) is 77.4 cm³/mol. The molecule has 2 aromatic carbocycles. The zero-order valence-corrected chi connectivity index (χ0v) is 11.3. The molecule has 0 aliphatic carbocycles. The summed E-state index contributed by atoms with van der Waals surface area (Å²) < 4.78 is 13.2. The minimum absolute atomic E-state index is 0.0111. The fourth-order valence-electron chi connectivity index (χ4n) is 2.24. The molecule has 0 spiro atoms. The van der Waals surface area contributed by atoms with E-state index in [1.54, 1.807) is 13.0 Å². The van der Waals surface area contributed by atoms with Crippen LogP contribution in [0.4, 0.5) is 4.39 Å². The molecule has 1 unspecified atom stereocenters. The van der Waals surface area contributed by atoms with E-state index in [9.17, 15) is 4.39 Å². The lowest BCUT2D eigenvalue weighted by Gasteiger charge is -2.13. The summed E-state index contributed by atoms with van der Waals surface area (Å²) in [6.07, 6.45) is 3.00. The summed E-state index contributed by atoms with van der Waals surface area (Å²) in [6, 6.07) is 15.5. The fourth-order valence-corrected chi connectivity index (χ4v) is 2.24. The molecule has 0 amide bonds. The molecule has 19 heavy (non-hydrogen) atoms. The summed E-state index contributed by atoms with van der Waals surface area (Å²) in [5.41, 5.74) is 9.18. The van der Waals surface area contributed by atoms with Gasteiger partial charge in [-0.1, -0.05) is 42.5 Å². The Morgan fingerprint density at radius 3 is 2.53 bits per heavy atom. The lowest BCUT2D eigenvalue weighted by molar-refractivity contribution is 0.598. The third-order valence-corrected chi connectivity index (χ3v) is 3.43. The van der Waals surface area contributed by atoms with Crippen molar-refractivity contribution in [3.05, 3.63) is 71.0 Å². The van der Waals surface area contributed by atoms with Gasteiger partial charge in [-0.05, 0) is 48.9 Å². The van der Waals surface area contributed by atoms with Crippen molar-refractivity contribution in [2.45, 2.75) is 32.2 Å². The molecule has 2 aromatic rings. The number of halogens is 1. The fraction of sp³-hybridized carbons (Fsp3) is 0.294. The van der Waals surface area contributed by atoms with Crippen LogP contribution in [-0.4, -0.2) is 0 Å². The standard InChI is InChI=1S/C17H20FN/c1-13-12-15(10-11-16(13)18)17(19)9-5-8-14-6-3-2-4-7-14/h2-4,6-7,10-12,17H,5,8-9,19H2,1H3. The van der Waals surface area contributed by atoms with Gasteiger partial charge in [-0.2, -0.15) is 0 Å². The lowest BCUT2D eigenvalue weighted by Crippen LogP contribution is -2.11. The first kappa shape index (κ1) is 13.8. The Morgan fingerprint density at radius 2 is 1.84 bits per heavy atom. The SMILES string of the molecule is Cc1cc(C(N)CCCc2ccccc2)ccc1F. The van der Waals surface area contributed by atoms with Crippen LogP contribution in [0, 0.1) is 12.7 Å². The van der Waals surface area contributed by atoms with Crippen LogP contribution in [0.2, 0.25) is 0 Å². The molecule has 0 radical (unpaired) electrons. The van der Waals surface area contributed by atoms with Crippen LogP contribution >= 0.6 is 0 Å². The zero-order valence-electron chi connectivity index (χ0n) is 11.3. The van der Waals surface area contributed by atoms with Crippen LogP contribution in [0.1, 0.15) is 35.6 Å². The average Bonchev–Trinajstić information content (AvgIpc) is 2.43. The van der Waals surface area contributed by atoms with Gasteiger partial charge in [0, 0.05) is 6.04 Å². The van der Waals surface area contributed by atoms with Gasteiger partial charge >= 0.3 is 0 Å². The van der Waals surface area contributed by atoms with Crippen LogP contribution in [0.5, 0.6) is 0 Å². The van der Waals surface area contributed by atoms with Crippen LogP contribution in [0.25, 0.3) is 0 Å². The molecule has 0 saturated carbocycles. The Bertz CT molecular complexity index is 522. The van der Waals surface area contributed by atoms with Crippen molar-refractivity contribution >= 4 is 0 Å². The van der Waals surface area contributed by atoms with Gasteiger partial charge in [0.1, 0.15) is 5.82 Å². The molecule has 0 aromatic heterocycles. The minimum atomic E-state index is -0.166. The lowest BCUT2D eigenvalue weighted by atomic mass is 9.98. The van der Waals surface area contributed by atoms with Gasteiger partial charge in [-0.25, -0.2) is 4.39 Å². The van der Waals surface area contributed by atoms with E-state index in [0.29, 0.717) is 5.56 Å². The predicted octanol–water partition coefficient (Wildman–Crippen LogP) is 4.16. The first-order valence-electron chi connectivity index (χ1n) is 6.72. The molecule has 100 valence electrons. The van der Waals surface area contributed by atoms with E-state index >= 15 is 0 Å². The number of rotatable bonds is 5. The molecule has 0 saturated heterocycles. The minimum Gasteiger partial charge on any atom is -0.324 e. The van der Waals surface area contributed by atoms with Crippen LogP contribution < -0.4 is 5.73 Å². The van der Waals surface area contributed by atoms with Crippen molar-refractivity contribution in [1.29, 1.82) is 0 Å². The average molecular weight is 257 g/mol.